The van der Waals surface area contributed by atoms with Crippen molar-refractivity contribution in [2.45, 2.75) is 0 Å². The quantitative estimate of drug-likeness (QED) is 0.416. The van der Waals surface area contributed by atoms with Crippen molar-refractivity contribution in [3.05, 3.63) is 68.2 Å². The standard InChI is InChI=1S/C14H10BrN3O4.CH4O/c15-11-3-6-13(19)10(7-11)8-16-17-14(20)9-1-4-12(5-2-9)18(21)22;1-2/h1-8,19H,(H,17,20);2H,1H3/b16-8+;. The van der Waals surface area contributed by atoms with Gasteiger partial charge in [-0.05, 0) is 30.3 Å². The molecule has 0 bridgehead atoms. The van der Waals surface area contributed by atoms with Crippen LogP contribution in [0.4, 0.5) is 5.69 Å². The topological polar surface area (TPSA) is 125 Å². The molecule has 0 aliphatic carbocycles. The molecule has 9 heteroatoms. The molecule has 1 amide bonds. The number of non-ortho nitro benzene ring substituents is 1. The summed E-state index contributed by atoms with van der Waals surface area (Å²) in [5.41, 5.74) is 2.85. The highest BCUT2D eigenvalue weighted by molar-refractivity contribution is 9.10. The number of halogens is 1. The summed E-state index contributed by atoms with van der Waals surface area (Å²) in [6.07, 6.45) is 1.30. The fraction of sp³-hybridized carbons (Fsp3) is 0.0667. The summed E-state index contributed by atoms with van der Waals surface area (Å²) in [5.74, 6) is -0.489. The largest absolute Gasteiger partial charge is 0.507 e. The van der Waals surface area contributed by atoms with Gasteiger partial charge >= 0.3 is 0 Å². The molecular weight excluding hydrogens is 382 g/mol. The Bertz CT molecular complexity index is 747. The van der Waals surface area contributed by atoms with Crippen LogP contribution in [0.25, 0.3) is 0 Å². The number of hydrazone groups is 1. The number of aliphatic hydroxyl groups is 1. The zero-order valence-electron chi connectivity index (χ0n) is 12.5. The Morgan fingerprint density at radius 3 is 2.46 bits per heavy atom. The molecule has 2 aromatic rings. The number of aromatic hydroxyl groups is 1. The van der Waals surface area contributed by atoms with Gasteiger partial charge in [0.25, 0.3) is 11.6 Å². The average Bonchev–Trinajstić information content (AvgIpc) is 2.59. The molecule has 0 fully saturated rings. The number of nitrogens with zero attached hydrogens (tertiary/aromatic N) is 2. The van der Waals surface area contributed by atoms with Gasteiger partial charge in [0.2, 0.25) is 0 Å². The van der Waals surface area contributed by atoms with Crippen molar-refractivity contribution in [2.24, 2.45) is 5.10 Å². The highest BCUT2D eigenvalue weighted by Crippen LogP contribution is 2.20. The van der Waals surface area contributed by atoms with E-state index < -0.39 is 10.8 Å². The molecule has 0 saturated heterocycles. The van der Waals surface area contributed by atoms with Gasteiger partial charge in [0.1, 0.15) is 5.75 Å². The lowest BCUT2D eigenvalue weighted by atomic mass is 10.2. The smallest absolute Gasteiger partial charge is 0.271 e. The van der Waals surface area contributed by atoms with E-state index in [0.717, 1.165) is 11.6 Å². The molecule has 2 aromatic carbocycles. The number of carbonyl (C=O) groups excluding carboxylic acids is 1. The predicted molar refractivity (Wildman–Crippen MR) is 92.1 cm³/mol. The fourth-order valence-corrected chi connectivity index (χ4v) is 1.97. The van der Waals surface area contributed by atoms with Gasteiger partial charge in [-0.2, -0.15) is 5.10 Å². The van der Waals surface area contributed by atoms with Crippen molar-refractivity contribution < 1.29 is 19.9 Å². The number of hydrogen-bond donors (Lipinski definition) is 3. The lowest BCUT2D eigenvalue weighted by molar-refractivity contribution is -0.384. The number of phenolic OH excluding ortho intramolecular Hbond substituents is 1. The number of benzene rings is 2. The first kappa shape index (κ1) is 19.3. The van der Waals surface area contributed by atoms with Crippen LogP contribution >= 0.6 is 15.9 Å². The molecule has 0 aliphatic heterocycles. The third-order valence-corrected chi connectivity index (χ3v) is 3.19. The van der Waals surface area contributed by atoms with Crippen molar-refractivity contribution in [1.29, 1.82) is 0 Å². The van der Waals surface area contributed by atoms with Gasteiger partial charge in [0, 0.05) is 34.8 Å². The van der Waals surface area contributed by atoms with Crippen LogP contribution in [-0.4, -0.2) is 34.4 Å². The zero-order chi connectivity index (χ0) is 18.1. The molecule has 24 heavy (non-hydrogen) atoms. The first-order chi connectivity index (χ1) is 11.5. The van der Waals surface area contributed by atoms with Gasteiger partial charge in [-0.1, -0.05) is 15.9 Å². The van der Waals surface area contributed by atoms with E-state index >= 15 is 0 Å². The Morgan fingerprint density at radius 2 is 1.88 bits per heavy atom. The van der Waals surface area contributed by atoms with Crippen LogP contribution < -0.4 is 5.43 Å². The van der Waals surface area contributed by atoms with Gasteiger partial charge in [0.05, 0.1) is 11.1 Å². The zero-order valence-corrected chi connectivity index (χ0v) is 14.1. The minimum absolute atomic E-state index is 0.0246. The molecule has 0 unspecified atom stereocenters. The maximum Gasteiger partial charge on any atom is 0.271 e. The predicted octanol–water partition coefficient (Wildman–Crippen LogP) is 2.44. The third-order valence-electron chi connectivity index (χ3n) is 2.70. The Labute approximate surface area is 145 Å². The number of rotatable bonds is 4. The molecule has 0 heterocycles. The van der Waals surface area contributed by atoms with Gasteiger partial charge in [-0.25, -0.2) is 5.43 Å². The van der Waals surface area contributed by atoms with E-state index in [-0.39, 0.29) is 17.0 Å². The molecule has 2 rings (SSSR count). The van der Waals surface area contributed by atoms with E-state index in [1.54, 1.807) is 12.1 Å². The van der Waals surface area contributed by atoms with Crippen molar-refractivity contribution in [3.63, 3.8) is 0 Å². The summed E-state index contributed by atoms with van der Waals surface area (Å²) in [7, 11) is 1.00. The SMILES string of the molecule is CO.O=C(N/N=C/c1cc(Br)ccc1O)c1ccc([N+](=O)[O-])cc1. The van der Waals surface area contributed by atoms with Gasteiger partial charge in [0.15, 0.2) is 0 Å². The average molecular weight is 396 g/mol. The summed E-state index contributed by atoms with van der Waals surface area (Å²) in [5, 5.41) is 30.9. The number of nitro benzene ring substituents is 1. The molecule has 126 valence electrons. The second-order valence-corrected chi connectivity index (χ2v) is 5.12. The Kier molecular flexibility index (Phi) is 7.53. The second kappa shape index (κ2) is 9.38. The normalized spacial score (nSPS) is 9.96. The van der Waals surface area contributed by atoms with Crippen LogP contribution in [0, 0.1) is 10.1 Å². The summed E-state index contributed by atoms with van der Waals surface area (Å²) >= 11 is 3.26. The van der Waals surface area contributed by atoms with E-state index in [1.807, 2.05) is 0 Å². The molecule has 0 aliphatic rings. The summed E-state index contributed by atoms with van der Waals surface area (Å²) in [4.78, 5) is 21.8. The second-order valence-electron chi connectivity index (χ2n) is 4.21. The van der Waals surface area contributed by atoms with E-state index in [1.165, 1.54) is 36.5 Å². The van der Waals surface area contributed by atoms with Crippen molar-refractivity contribution >= 4 is 33.7 Å². The van der Waals surface area contributed by atoms with Crippen molar-refractivity contribution in [3.8, 4) is 5.75 Å². The van der Waals surface area contributed by atoms with E-state index in [9.17, 15) is 20.0 Å². The monoisotopic (exact) mass is 395 g/mol. The first-order valence-electron chi connectivity index (χ1n) is 6.48. The number of phenols is 1. The first-order valence-corrected chi connectivity index (χ1v) is 7.28. The Morgan fingerprint density at radius 1 is 1.25 bits per heavy atom. The van der Waals surface area contributed by atoms with Crippen LogP contribution in [0.15, 0.2) is 52.0 Å². The van der Waals surface area contributed by atoms with Crippen LogP contribution in [0.2, 0.25) is 0 Å². The number of carbonyl (C=O) groups is 1. The van der Waals surface area contributed by atoms with Gasteiger partial charge in [-0.15, -0.1) is 0 Å². The van der Waals surface area contributed by atoms with E-state index in [2.05, 4.69) is 26.5 Å². The molecule has 0 aromatic heterocycles. The van der Waals surface area contributed by atoms with E-state index in [0.29, 0.717) is 5.56 Å². The minimum Gasteiger partial charge on any atom is -0.507 e. The number of amides is 1. The maximum atomic E-state index is 11.8. The van der Waals surface area contributed by atoms with Crippen molar-refractivity contribution in [1.82, 2.24) is 5.43 Å². The number of hydrogen-bond acceptors (Lipinski definition) is 6. The summed E-state index contributed by atoms with van der Waals surface area (Å²) in [6, 6.07) is 9.93. The highest BCUT2D eigenvalue weighted by atomic mass is 79.9. The van der Waals surface area contributed by atoms with Crippen molar-refractivity contribution in [2.75, 3.05) is 7.11 Å². The molecule has 0 saturated carbocycles. The molecular formula is C15H14BrN3O5. The molecule has 0 radical (unpaired) electrons. The van der Waals surface area contributed by atoms with Crippen LogP contribution in [0.1, 0.15) is 15.9 Å². The summed E-state index contributed by atoms with van der Waals surface area (Å²) < 4.78 is 0.758. The fourth-order valence-electron chi connectivity index (χ4n) is 1.59. The van der Waals surface area contributed by atoms with Crippen LogP contribution in [0.3, 0.4) is 0 Å². The van der Waals surface area contributed by atoms with Crippen LogP contribution in [0.5, 0.6) is 5.75 Å². The highest BCUT2D eigenvalue weighted by Gasteiger charge is 2.08. The molecule has 8 nitrogen and oxygen atoms in total. The van der Waals surface area contributed by atoms with E-state index in [4.69, 9.17) is 5.11 Å². The maximum absolute atomic E-state index is 11.8. The van der Waals surface area contributed by atoms with Crippen LogP contribution in [-0.2, 0) is 0 Å². The Hall–Kier alpha value is -2.78. The minimum atomic E-state index is -0.546. The lowest BCUT2D eigenvalue weighted by Crippen LogP contribution is -2.17. The number of nitrogens with one attached hydrogen (secondary N) is 1. The summed E-state index contributed by atoms with van der Waals surface area (Å²) in [6.45, 7) is 0. The molecule has 0 spiro atoms. The number of nitro groups is 1. The third kappa shape index (κ3) is 5.45. The number of aliphatic hydroxyl groups excluding tert-OH is 1. The van der Waals surface area contributed by atoms with Gasteiger partial charge < -0.3 is 10.2 Å². The molecule has 0 atom stereocenters. The Balaban J connectivity index is 0.00000139. The van der Waals surface area contributed by atoms with Gasteiger partial charge in [-0.3, -0.25) is 14.9 Å². The molecule has 3 N–H and O–H groups in total. The lowest BCUT2D eigenvalue weighted by Gasteiger charge is -2.01.